The van der Waals surface area contributed by atoms with E-state index in [9.17, 15) is 14.4 Å². The summed E-state index contributed by atoms with van der Waals surface area (Å²) in [5.41, 5.74) is 2.43. The fourth-order valence-corrected chi connectivity index (χ4v) is 4.74. The molecule has 0 spiro atoms. The molecule has 4 rings (SSSR count). The van der Waals surface area contributed by atoms with Crippen LogP contribution in [0.3, 0.4) is 0 Å². The number of nitrogens with one attached hydrogen (secondary N) is 1. The van der Waals surface area contributed by atoms with Crippen molar-refractivity contribution < 1.29 is 19.1 Å². The number of nitrogens with zero attached hydrogens (tertiary/aromatic N) is 1. The van der Waals surface area contributed by atoms with Gasteiger partial charge in [-0.25, -0.2) is 0 Å². The number of ether oxygens (including phenoxy) is 1. The van der Waals surface area contributed by atoms with E-state index in [2.05, 4.69) is 5.32 Å². The number of carbonyl (C=O) groups is 3. The Labute approximate surface area is 219 Å². The van der Waals surface area contributed by atoms with Gasteiger partial charge in [0.25, 0.3) is 5.91 Å². The Hall–Kier alpha value is -3.61. The average Bonchev–Trinajstić information content (AvgIpc) is 2.86. The van der Waals surface area contributed by atoms with Gasteiger partial charge in [-0.2, -0.15) is 0 Å². The highest BCUT2D eigenvalue weighted by Crippen LogP contribution is 2.43. The van der Waals surface area contributed by atoms with Gasteiger partial charge in [-0.3, -0.25) is 19.3 Å². The summed E-state index contributed by atoms with van der Waals surface area (Å²) in [5.74, 6) is -2.46. The number of methoxy groups -OCH3 is 1. The van der Waals surface area contributed by atoms with E-state index in [1.165, 1.54) is 11.8 Å². The van der Waals surface area contributed by atoms with E-state index in [0.717, 1.165) is 0 Å². The van der Waals surface area contributed by atoms with E-state index in [1.54, 1.807) is 86.8 Å². The van der Waals surface area contributed by atoms with Crippen molar-refractivity contribution in [1.82, 2.24) is 0 Å². The molecule has 1 heterocycles. The second kappa shape index (κ2) is 10.6. The molecule has 184 valence electrons. The predicted octanol–water partition coefficient (Wildman–Crippen LogP) is 6.25. The maximum Gasteiger partial charge on any atom is 0.254 e. The molecule has 3 aromatic rings. The van der Waals surface area contributed by atoms with Crippen LogP contribution in [0.4, 0.5) is 11.4 Å². The third-order valence-electron chi connectivity index (χ3n) is 6.20. The molecule has 0 bridgehead atoms. The Kier molecular flexibility index (Phi) is 7.48. The maximum atomic E-state index is 13.8. The van der Waals surface area contributed by atoms with Crippen LogP contribution in [0, 0.1) is 5.92 Å². The van der Waals surface area contributed by atoms with Crippen molar-refractivity contribution in [2.75, 3.05) is 17.3 Å². The number of Topliss-reactive ketones (excluding diaryl/α,β-unsaturated/α-hetero) is 1. The summed E-state index contributed by atoms with van der Waals surface area (Å²) in [4.78, 5) is 42.0. The fourth-order valence-electron chi connectivity index (χ4n) is 4.49. The molecule has 0 saturated heterocycles. The highest BCUT2D eigenvalue weighted by atomic mass is 35.5. The number of hydrogen-bond acceptors (Lipinski definition) is 4. The first kappa shape index (κ1) is 25.5. The smallest absolute Gasteiger partial charge is 0.254 e. The zero-order valence-electron chi connectivity index (χ0n) is 19.9. The minimum Gasteiger partial charge on any atom is -0.497 e. The first-order valence-electron chi connectivity index (χ1n) is 11.2. The maximum absolute atomic E-state index is 13.8. The lowest BCUT2D eigenvalue weighted by atomic mass is 9.74. The van der Waals surface area contributed by atoms with Gasteiger partial charge >= 0.3 is 0 Å². The SMILES string of the molecule is COc1ccc([C@@H]2C(C(=O)Nc3ccc(Cl)cc3)=C(C)N(c3ccc(Cl)cc3)C(=O)[C@H]2C(C)=O)cc1. The summed E-state index contributed by atoms with van der Waals surface area (Å²) < 4.78 is 5.27. The monoisotopic (exact) mass is 522 g/mol. The molecule has 6 nitrogen and oxygen atoms in total. The molecule has 3 aromatic carbocycles. The van der Waals surface area contributed by atoms with Gasteiger partial charge in [0, 0.05) is 38.6 Å². The summed E-state index contributed by atoms with van der Waals surface area (Å²) in [5, 5.41) is 3.94. The number of anilines is 2. The molecular formula is C28H24Cl2N2O4. The van der Waals surface area contributed by atoms with Crippen LogP contribution >= 0.6 is 23.2 Å². The molecule has 0 aliphatic carbocycles. The number of carbonyl (C=O) groups excluding carboxylic acids is 3. The number of allylic oxidation sites excluding steroid dienone is 1. The molecule has 0 fully saturated rings. The summed E-state index contributed by atoms with van der Waals surface area (Å²) in [7, 11) is 1.55. The minimum absolute atomic E-state index is 0.310. The van der Waals surface area contributed by atoms with Gasteiger partial charge in [-0.1, -0.05) is 35.3 Å². The van der Waals surface area contributed by atoms with Gasteiger partial charge in [0.2, 0.25) is 5.91 Å². The lowest BCUT2D eigenvalue weighted by molar-refractivity contribution is -0.132. The molecule has 1 aliphatic heterocycles. The second-order valence-corrected chi connectivity index (χ2v) is 9.32. The van der Waals surface area contributed by atoms with E-state index in [0.29, 0.717) is 44.0 Å². The van der Waals surface area contributed by atoms with Crippen LogP contribution < -0.4 is 15.0 Å². The van der Waals surface area contributed by atoms with Gasteiger partial charge in [-0.05, 0) is 80.1 Å². The summed E-state index contributed by atoms with van der Waals surface area (Å²) >= 11 is 12.1. The Balaban J connectivity index is 1.90. The summed E-state index contributed by atoms with van der Waals surface area (Å²) in [6.45, 7) is 3.07. The minimum atomic E-state index is -1.11. The Morgan fingerprint density at radius 1 is 0.889 bits per heavy atom. The van der Waals surface area contributed by atoms with Crippen molar-refractivity contribution in [3.05, 3.63) is 99.7 Å². The largest absolute Gasteiger partial charge is 0.497 e. The topological polar surface area (TPSA) is 75.7 Å². The van der Waals surface area contributed by atoms with Crippen molar-refractivity contribution in [2.24, 2.45) is 5.92 Å². The molecule has 0 saturated carbocycles. The first-order valence-corrected chi connectivity index (χ1v) is 12.0. The van der Waals surface area contributed by atoms with Gasteiger partial charge in [0.1, 0.15) is 17.5 Å². The number of halogens is 2. The summed E-state index contributed by atoms with van der Waals surface area (Å²) in [6, 6.07) is 20.4. The van der Waals surface area contributed by atoms with E-state index < -0.39 is 23.7 Å². The van der Waals surface area contributed by atoms with Crippen LogP contribution in [0.15, 0.2) is 84.1 Å². The van der Waals surface area contributed by atoms with Crippen LogP contribution in [0.1, 0.15) is 25.3 Å². The molecule has 2 atom stereocenters. The second-order valence-electron chi connectivity index (χ2n) is 8.45. The number of hydrogen-bond donors (Lipinski definition) is 1. The van der Waals surface area contributed by atoms with Crippen LogP contribution in [0.25, 0.3) is 0 Å². The molecule has 1 N–H and O–H groups in total. The van der Waals surface area contributed by atoms with Gasteiger partial charge < -0.3 is 10.1 Å². The van der Waals surface area contributed by atoms with E-state index in [-0.39, 0.29) is 5.78 Å². The molecule has 2 amide bonds. The number of ketones is 1. The van der Waals surface area contributed by atoms with Crippen molar-refractivity contribution in [3.63, 3.8) is 0 Å². The molecule has 0 unspecified atom stereocenters. The highest BCUT2D eigenvalue weighted by Gasteiger charge is 2.46. The van der Waals surface area contributed by atoms with Crippen molar-refractivity contribution in [3.8, 4) is 5.75 Å². The van der Waals surface area contributed by atoms with Crippen molar-refractivity contribution >= 4 is 52.2 Å². The van der Waals surface area contributed by atoms with Crippen molar-refractivity contribution in [2.45, 2.75) is 19.8 Å². The van der Waals surface area contributed by atoms with Crippen molar-refractivity contribution in [1.29, 1.82) is 0 Å². The Morgan fingerprint density at radius 3 is 1.97 bits per heavy atom. The predicted molar refractivity (Wildman–Crippen MR) is 142 cm³/mol. The zero-order valence-corrected chi connectivity index (χ0v) is 21.4. The zero-order chi connectivity index (χ0) is 26.0. The van der Waals surface area contributed by atoms with E-state index in [4.69, 9.17) is 27.9 Å². The fraction of sp³-hybridized carbons (Fsp3) is 0.179. The molecule has 0 aromatic heterocycles. The van der Waals surface area contributed by atoms with Gasteiger partial charge in [0.05, 0.1) is 7.11 Å². The number of rotatable bonds is 6. The quantitative estimate of drug-likeness (QED) is 0.388. The third-order valence-corrected chi connectivity index (χ3v) is 6.70. The molecule has 0 radical (unpaired) electrons. The van der Waals surface area contributed by atoms with Crippen LogP contribution in [-0.2, 0) is 14.4 Å². The summed E-state index contributed by atoms with van der Waals surface area (Å²) in [6.07, 6.45) is 0. The Morgan fingerprint density at radius 2 is 1.44 bits per heavy atom. The standard InChI is InChI=1S/C28H24Cl2N2O4/c1-16-24(27(34)31-21-10-6-19(29)7-11-21)26(18-4-14-23(36-3)15-5-18)25(17(2)33)28(35)32(16)22-12-8-20(30)9-13-22/h4-15,25-26H,1-3H3,(H,31,34)/t25-,26+/m0/s1. The lowest BCUT2D eigenvalue weighted by Gasteiger charge is -2.39. The van der Waals surface area contributed by atoms with E-state index >= 15 is 0 Å². The average molecular weight is 523 g/mol. The highest BCUT2D eigenvalue weighted by molar-refractivity contribution is 6.31. The lowest BCUT2D eigenvalue weighted by Crippen LogP contribution is -2.48. The molecular weight excluding hydrogens is 499 g/mol. The van der Waals surface area contributed by atoms with Crippen LogP contribution in [0.2, 0.25) is 10.0 Å². The normalized spacial score (nSPS) is 17.7. The first-order chi connectivity index (χ1) is 17.2. The van der Waals surface area contributed by atoms with Gasteiger partial charge in [0.15, 0.2) is 0 Å². The third kappa shape index (κ3) is 5.01. The molecule has 8 heteroatoms. The number of benzene rings is 3. The van der Waals surface area contributed by atoms with E-state index in [1.807, 2.05) is 0 Å². The number of amides is 2. The van der Waals surface area contributed by atoms with Gasteiger partial charge in [-0.15, -0.1) is 0 Å². The molecule has 36 heavy (non-hydrogen) atoms. The van der Waals surface area contributed by atoms with Crippen LogP contribution in [-0.4, -0.2) is 24.7 Å². The molecule has 1 aliphatic rings. The van der Waals surface area contributed by atoms with Crippen LogP contribution in [0.5, 0.6) is 5.75 Å². The Bertz CT molecular complexity index is 1330.